The molecule has 0 aliphatic heterocycles. The van der Waals surface area contributed by atoms with E-state index in [1.807, 2.05) is 0 Å². The van der Waals surface area contributed by atoms with E-state index in [1.54, 1.807) is 6.07 Å². The number of phenolic OH excluding ortho intramolecular Hbond substituents is 1. The summed E-state index contributed by atoms with van der Waals surface area (Å²) in [6, 6.07) is 3.04. The molecule has 1 aliphatic rings. The highest BCUT2D eigenvalue weighted by atomic mass is 35.5. The van der Waals surface area contributed by atoms with Crippen LogP contribution in [0, 0.1) is 5.92 Å². The first-order valence-corrected chi connectivity index (χ1v) is 6.23. The lowest BCUT2D eigenvalue weighted by Gasteiger charge is -2.11. The topological polar surface area (TPSA) is 68.1 Å². The van der Waals surface area contributed by atoms with Gasteiger partial charge in [-0.2, -0.15) is 0 Å². The van der Waals surface area contributed by atoms with E-state index in [0.717, 1.165) is 12.8 Å². The van der Waals surface area contributed by atoms with Crippen LogP contribution in [0.1, 0.15) is 25.3 Å². The molecule has 102 valence electrons. The Bertz CT molecular complexity index is 514. The Balaban J connectivity index is 2.42. The average molecular weight is 284 g/mol. The highest BCUT2D eigenvalue weighted by Gasteiger charge is 2.32. The quantitative estimate of drug-likeness (QED) is 0.524. The number of rotatable bonds is 4. The molecule has 0 atom stereocenters. The fraction of sp³-hybridized carbons (Fsp3) is 0.385. The average Bonchev–Trinajstić information content (AvgIpc) is 3.15. The minimum absolute atomic E-state index is 0.0397. The first-order chi connectivity index (χ1) is 9.02. The number of methoxy groups -OCH3 is 1. The van der Waals surface area contributed by atoms with Crippen molar-refractivity contribution in [3.05, 3.63) is 22.7 Å². The summed E-state index contributed by atoms with van der Waals surface area (Å²) in [5.74, 6) is 0.0643. The second-order valence-corrected chi connectivity index (χ2v) is 4.74. The van der Waals surface area contributed by atoms with Gasteiger partial charge in [-0.3, -0.25) is 0 Å². The Morgan fingerprint density at radius 1 is 1.47 bits per heavy atom. The van der Waals surface area contributed by atoms with E-state index >= 15 is 0 Å². The van der Waals surface area contributed by atoms with Crippen molar-refractivity contribution in [3.8, 4) is 11.5 Å². The summed E-state index contributed by atoms with van der Waals surface area (Å²) in [4.78, 5) is 15.5. The molecule has 1 aromatic carbocycles. The number of carbonyl (C=O) groups is 1. The van der Waals surface area contributed by atoms with Crippen LogP contribution in [0.2, 0.25) is 5.02 Å². The summed E-state index contributed by atoms with van der Waals surface area (Å²) in [6.07, 6.45) is 1.86. The summed E-state index contributed by atoms with van der Waals surface area (Å²) in [7, 11) is 1.49. The lowest BCUT2D eigenvalue weighted by molar-refractivity contribution is -0.140. The number of carbonyl (C=O) groups excluding carboxylic acids is 1. The second-order valence-electron chi connectivity index (χ2n) is 4.34. The Labute approximate surface area is 115 Å². The van der Waals surface area contributed by atoms with Crippen LogP contribution in [0.4, 0.5) is 0 Å². The molecule has 0 bridgehead atoms. The highest BCUT2D eigenvalue weighted by Crippen LogP contribution is 2.40. The van der Waals surface area contributed by atoms with E-state index < -0.39 is 5.97 Å². The Morgan fingerprint density at radius 2 is 2.16 bits per heavy atom. The van der Waals surface area contributed by atoms with Crippen molar-refractivity contribution in [2.45, 2.75) is 19.8 Å². The molecular weight excluding hydrogens is 270 g/mol. The largest absolute Gasteiger partial charge is 0.507 e. The van der Waals surface area contributed by atoms with Crippen molar-refractivity contribution in [1.29, 1.82) is 0 Å². The van der Waals surface area contributed by atoms with Crippen LogP contribution in [-0.2, 0) is 9.63 Å². The molecule has 0 amide bonds. The number of aromatic hydroxyl groups is 1. The summed E-state index contributed by atoms with van der Waals surface area (Å²) >= 11 is 6.13. The maximum Gasteiger partial charge on any atom is 0.331 e. The maximum absolute atomic E-state index is 10.8. The summed E-state index contributed by atoms with van der Waals surface area (Å²) in [6.45, 7) is 1.27. The van der Waals surface area contributed by atoms with Crippen molar-refractivity contribution < 1.29 is 19.5 Å². The van der Waals surface area contributed by atoms with Crippen molar-refractivity contribution in [2.75, 3.05) is 7.11 Å². The van der Waals surface area contributed by atoms with Gasteiger partial charge in [0.1, 0.15) is 11.5 Å². The first kappa shape index (κ1) is 13.7. The molecule has 0 aromatic heterocycles. The number of hydrogen-bond acceptors (Lipinski definition) is 5. The predicted molar refractivity (Wildman–Crippen MR) is 70.7 cm³/mol. The summed E-state index contributed by atoms with van der Waals surface area (Å²) < 4.78 is 5.02. The standard InChI is InChI=1S/C13H14ClNO4/c1-7(16)19-15-13(8-3-4-8)12-10(14)5-9(18-2)6-11(12)17/h5-6,8,17H,3-4H2,1-2H3/b15-13+. The van der Waals surface area contributed by atoms with Gasteiger partial charge in [-0.1, -0.05) is 16.8 Å². The third-order valence-corrected chi connectivity index (χ3v) is 3.07. The van der Waals surface area contributed by atoms with Crippen LogP contribution < -0.4 is 4.74 Å². The minimum atomic E-state index is -0.512. The number of phenols is 1. The molecule has 1 aliphatic carbocycles. The van der Waals surface area contributed by atoms with Gasteiger partial charge in [-0.25, -0.2) is 4.79 Å². The van der Waals surface area contributed by atoms with Crippen molar-refractivity contribution >= 4 is 23.3 Å². The molecule has 6 heteroatoms. The number of halogens is 1. The molecule has 0 radical (unpaired) electrons. The smallest absolute Gasteiger partial charge is 0.331 e. The van der Waals surface area contributed by atoms with Crippen LogP contribution in [0.5, 0.6) is 11.5 Å². The molecule has 1 aromatic rings. The third-order valence-electron chi connectivity index (χ3n) is 2.77. The van der Waals surface area contributed by atoms with Crippen molar-refractivity contribution in [1.82, 2.24) is 0 Å². The fourth-order valence-electron chi connectivity index (χ4n) is 1.73. The molecule has 1 fully saturated rings. The first-order valence-electron chi connectivity index (χ1n) is 5.85. The van der Waals surface area contributed by atoms with Gasteiger partial charge in [0.25, 0.3) is 0 Å². The number of hydrogen-bond donors (Lipinski definition) is 1. The van der Waals surface area contributed by atoms with Crippen molar-refractivity contribution in [2.24, 2.45) is 11.1 Å². The van der Waals surface area contributed by atoms with Crippen LogP contribution in [-0.4, -0.2) is 23.9 Å². The molecule has 1 saturated carbocycles. The van der Waals surface area contributed by atoms with Gasteiger partial charge in [0.05, 0.1) is 23.4 Å². The lowest BCUT2D eigenvalue weighted by Crippen LogP contribution is -2.08. The van der Waals surface area contributed by atoms with E-state index in [0.29, 0.717) is 22.0 Å². The van der Waals surface area contributed by atoms with E-state index in [4.69, 9.17) is 16.3 Å². The number of benzene rings is 1. The lowest BCUT2D eigenvalue weighted by atomic mass is 10.0. The summed E-state index contributed by atoms with van der Waals surface area (Å²) in [5, 5.41) is 14.2. The third kappa shape index (κ3) is 3.17. The van der Waals surface area contributed by atoms with Gasteiger partial charge >= 0.3 is 5.97 Å². The Morgan fingerprint density at radius 3 is 2.63 bits per heavy atom. The minimum Gasteiger partial charge on any atom is -0.507 e. The monoisotopic (exact) mass is 283 g/mol. The zero-order valence-corrected chi connectivity index (χ0v) is 11.4. The molecule has 0 heterocycles. The van der Waals surface area contributed by atoms with Gasteiger partial charge in [0, 0.05) is 18.9 Å². The van der Waals surface area contributed by atoms with E-state index in [-0.39, 0.29) is 11.7 Å². The number of oxime groups is 1. The molecule has 2 rings (SSSR count). The van der Waals surface area contributed by atoms with Gasteiger partial charge in [-0.15, -0.1) is 0 Å². The molecule has 0 saturated heterocycles. The van der Waals surface area contributed by atoms with Crippen LogP contribution in [0.3, 0.4) is 0 Å². The normalized spacial score (nSPS) is 15.2. The van der Waals surface area contributed by atoms with Crippen LogP contribution in [0.15, 0.2) is 17.3 Å². The van der Waals surface area contributed by atoms with Crippen LogP contribution in [0.25, 0.3) is 0 Å². The molecule has 0 spiro atoms. The SMILES string of the molecule is COc1cc(O)c(/C(=N/OC(C)=O)C2CC2)c(Cl)c1. The predicted octanol–water partition coefficient (Wildman–Crippen LogP) is 2.73. The van der Waals surface area contributed by atoms with Gasteiger partial charge in [0.2, 0.25) is 0 Å². The second kappa shape index (κ2) is 5.48. The van der Waals surface area contributed by atoms with E-state index in [1.165, 1.54) is 20.1 Å². The van der Waals surface area contributed by atoms with E-state index in [2.05, 4.69) is 9.99 Å². The van der Waals surface area contributed by atoms with Crippen molar-refractivity contribution in [3.63, 3.8) is 0 Å². The Hall–Kier alpha value is -1.75. The maximum atomic E-state index is 10.8. The zero-order valence-electron chi connectivity index (χ0n) is 10.6. The molecule has 5 nitrogen and oxygen atoms in total. The highest BCUT2D eigenvalue weighted by molar-refractivity contribution is 6.35. The number of nitrogens with zero attached hydrogens (tertiary/aromatic N) is 1. The summed E-state index contributed by atoms with van der Waals surface area (Å²) in [5.41, 5.74) is 0.895. The van der Waals surface area contributed by atoms with Gasteiger partial charge in [0.15, 0.2) is 0 Å². The van der Waals surface area contributed by atoms with E-state index in [9.17, 15) is 9.90 Å². The molecule has 19 heavy (non-hydrogen) atoms. The molecule has 0 unspecified atom stereocenters. The molecule has 1 N–H and O–H groups in total. The fourth-order valence-corrected chi connectivity index (χ4v) is 2.04. The Kier molecular flexibility index (Phi) is 3.95. The molecular formula is C13H14ClNO4. The number of ether oxygens (including phenoxy) is 1. The van der Waals surface area contributed by atoms with Gasteiger partial charge < -0.3 is 14.7 Å². The zero-order chi connectivity index (χ0) is 14.0. The van der Waals surface area contributed by atoms with Crippen LogP contribution >= 0.6 is 11.6 Å². The van der Waals surface area contributed by atoms with Gasteiger partial charge in [-0.05, 0) is 18.9 Å².